The number of carbonyl (C=O) groups excluding carboxylic acids is 2. The van der Waals surface area contributed by atoms with Crippen molar-refractivity contribution >= 4 is 40.6 Å². The van der Waals surface area contributed by atoms with Crippen molar-refractivity contribution in [2.45, 2.75) is 0 Å². The van der Waals surface area contributed by atoms with Crippen molar-refractivity contribution in [2.75, 3.05) is 13.7 Å². The lowest BCUT2D eigenvalue weighted by Crippen LogP contribution is -2.28. The lowest BCUT2D eigenvalue weighted by Gasteiger charge is -2.07. The molecule has 0 atom stereocenters. The number of carboxylic acid groups (broad SMARTS) is 1. The van der Waals surface area contributed by atoms with Crippen LogP contribution in [0.3, 0.4) is 0 Å². The number of halogens is 2. The highest BCUT2D eigenvalue weighted by Crippen LogP contribution is 2.34. The van der Waals surface area contributed by atoms with Gasteiger partial charge in [-0.3, -0.25) is 9.69 Å². The second-order valence-corrected chi connectivity index (χ2v) is 6.71. The number of aliphatic carboxylic acids is 1. The summed E-state index contributed by atoms with van der Waals surface area (Å²) in [5, 5.41) is 10.7. The Morgan fingerprint density at radius 2 is 2.07 bits per heavy atom. The monoisotopic (exact) mass is 403 g/mol. The standard InChI is InChI=1S/C19H14F2N2O4S/c1-23-18(26)16(8-11-3-2-4-13(7-11)27-10-17(24)25)28-19(23)22-15-6-5-12(20)9-14(15)21/h2-9H,10H2,1H3,(H,24,25)/p-1/b16-8+,22-19?. The van der Waals surface area contributed by atoms with Gasteiger partial charge in [-0.1, -0.05) is 12.1 Å². The van der Waals surface area contributed by atoms with E-state index in [9.17, 15) is 23.5 Å². The number of amides is 1. The molecule has 0 aliphatic carbocycles. The van der Waals surface area contributed by atoms with Gasteiger partial charge in [-0.05, 0) is 47.7 Å². The average molecular weight is 403 g/mol. The molecule has 6 nitrogen and oxygen atoms in total. The van der Waals surface area contributed by atoms with E-state index >= 15 is 0 Å². The third-order valence-corrected chi connectivity index (χ3v) is 4.70. The van der Waals surface area contributed by atoms with Gasteiger partial charge in [0.15, 0.2) is 11.0 Å². The molecule has 1 aliphatic heterocycles. The molecule has 144 valence electrons. The third-order valence-electron chi connectivity index (χ3n) is 3.64. The maximum Gasteiger partial charge on any atom is 0.266 e. The number of thioether (sulfide) groups is 1. The molecule has 0 radical (unpaired) electrons. The summed E-state index contributed by atoms with van der Waals surface area (Å²) in [6, 6.07) is 9.49. The first kappa shape index (κ1) is 19.6. The van der Waals surface area contributed by atoms with Crippen LogP contribution in [0.4, 0.5) is 14.5 Å². The van der Waals surface area contributed by atoms with Crippen LogP contribution in [-0.4, -0.2) is 35.6 Å². The van der Waals surface area contributed by atoms with E-state index in [1.807, 2.05) is 0 Å². The summed E-state index contributed by atoms with van der Waals surface area (Å²) in [6.07, 6.45) is 1.58. The minimum absolute atomic E-state index is 0.0810. The molecule has 3 rings (SSSR count). The van der Waals surface area contributed by atoms with Crippen molar-refractivity contribution in [3.05, 3.63) is 64.6 Å². The van der Waals surface area contributed by atoms with E-state index in [0.717, 1.165) is 23.9 Å². The van der Waals surface area contributed by atoms with Crippen molar-refractivity contribution in [3.63, 3.8) is 0 Å². The highest BCUT2D eigenvalue weighted by Gasteiger charge is 2.30. The summed E-state index contributed by atoms with van der Waals surface area (Å²) in [5.74, 6) is -2.92. The Morgan fingerprint density at radius 1 is 1.29 bits per heavy atom. The van der Waals surface area contributed by atoms with E-state index in [-0.39, 0.29) is 16.8 Å². The van der Waals surface area contributed by atoms with Crippen LogP contribution < -0.4 is 9.84 Å². The summed E-state index contributed by atoms with van der Waals surface area (Å²) < 4.78 is 31.9. The molecule has 0 N–H and O–H groups in total. The Kier molecular flexibility index (Phi) is 5.74. The number of benzene rings is 2. The molecule has 0 unspecified atom stereocenters. The van der Waals surface area contributed by atoms with Crippen molar-refractivity contribution in [3.8, 4) is 5.75 Å². The number of rotatable bonds is 5. The fourth-order valence-electron chi connectivity index (χ4n) is 2.31. The zero-order valence-electron chi connectivity index (χ0n) is 14.5. The van der Waals surface area contributed by atoms with E-state index in [1.165, 1.54) is 18.0 Å². The quantitative estimate of drug-likeness (QED) is 0.716. The van der Waals surface area contributed by atoms with Crippen molar-refractivity contribution in [2.24, 2.45) is 4.99 Å². The molecule has 2 aromatic carbocycles. The topological polar surface area (TPSA) is 82.0 Å². The summed E-state index contributed by atoms with van der Waals surface area (Å²) >= 11 is 1.04. The Bertz CT molecular complexity index is 1010. The average Bonchev–Trinajstić information content (AvgIpc) is 2.90. The van der Waals surface area contributed by atoms with E-state index in [0.29, 0.717) is 16.2 Å². The van der Waals surface area contributed by atoms with Crippen LogP contribution in [0.25, 0.3) is 6.08 Å². The molecule has 1 heterocycles. The molecule has 0 saturated carbocycles. The zero-order chi connectivity index (χ0) is 20.3. The second kappa shape index (κ2) is 8.22. The largest absolute Gasteiger partial charge is 0.546 e. The first-order valence-corrected chi connectivity index (χ1v) is 8.79. The fourth-order valence-corrected chi connectivity index (χ4v) is 3.29. The van der Waals surface area contributed by atoms with Crippen molar-refractivity contribution in [1.82, 2.24) is 4.90 Å². The number of carbonyl (C=O) groups is 2. The number of hydrogen-bond donors (Lipinski definition) is 0. The number of amidine groups is 1. The second-order valence-electron chi connectivity index (χ2n) is 5.70. The molecule has 0 bridgehead atoms. The Hall–Kier alpha value is -3.20. The SMILES string of the molecule is CN1C(=O)/C(=C\c2cccc(OCC(=O)[O-])c2)SC1=Nc1ccc(F)cc1F. The van der Waals surface area contributed by atoms with Crippen LogP contribution >= 0.6 is 11.8 Å². The fraction of sp³-hybridized carbons (Fsp3) is 0.105. The molecule has 0 aromatic heterocycles. The number of carboxylic acids is 1. The first-order chi connectivity index (χ1) is 13.3. The summed E-state index contributed by atoms with van der Waals surface area (Å²) in [6.45, 7) is -0.587. The van der Waals surface area contributed by atoms with E-state index < -0.39 is 24.2 Å². The summed E-state index contributed by atoms with van der Waals surface area (Å²) in [5.41, 5.74) is 0.525. The van der Waals surface area contributed by atoms with Crippen LogP contribution in [0.5, 0.6) is 5.75 Å². The van der Waals surface area contributed by atoms with Gasteiger partial charge in [0.2, 0.25) is 0 Å². The molecule has 9 heteroatoms. The third kappa shape index (κ3) is 4.55. The van der Waals surface area contributed by atoms with Crippen LogP contribution in [0.15, 0.2) is 52.4 Å². The van der Waals surface area contributed by atoms with Gasteiger partial charge in [-0.25, -0.2) is 13.8 Å². The minimum Gasteiger partial charge on any atom is -0.546 e. The Balaban J connectivity index is 1.84. The van der Waals surface area contributed by atoms with Crippen molar-refractivity contribution in [1.29, 1.82) is 0 Å². The Morgan fingerprint density at radius 3 is 2.79 bits per heavy atom. The highest BCUT2D eigenvalue weighted by molar-refractivity contribution is 8.18. The molecule has 1 fully saturated rings. The lowest BCUT2D eigenvalue weighted by molar-refractivity contribution is -0.307. The number of likely N-dealkylation sites (N-methyl/N-ethyl adjacent to an activating group) is 1. The molecule has 1 saturated heterocycles. The van der Waals surface area contributed by atoms with Gasteiger partial charge >= 0.3 is 0 Å². The van der Waals surface area contributed by atoms with Crippen LogP contribution in [0.2, 0.25) is 0 Å². The summed E-state index contributed by atoms with van der Waals surface area (Å²) in [7, 11) is 1.50. The van der Waals surface area contributed by atoms with Gasteiger partial charge in [-0.2, -0.15) is 0 Å². The van der Waals surface area contributed by atoms with Gasteiger partial charge in [0.1, 0.15) is 23.9 Å². The van der Waals surface area contributed by atoms with Crippen LogP contribution in [-0.2, 0) is 9.59 Å². The normalized spacial score (nSPS) is 16.8. The molecule has 1 aliphatic rings. The van der Waals surface area contributed by atoms with E-state index in [2.05, 4.69) is 4.99 Å². The van der Waals surface area contributed by atoms with Gasteiger partial charge in [0.05, 0.1) is 10.9 Å². The van der Waals surface area contributed by atoms with Crippen molar-refractivity contribution < 1.29 is 28.2 Å². The first-order valence-electron chi connectivity index (χ1n) is 7.97. The predicted molar refractivity (Wildman–Crippen MR) is 98.7 cm³/mol. The Labute approximate surface area is 163 Å². The molecule has 0 spiro atoms. The maximum atomic E-state index is 13.8. The van der Waals surface area contributed by atoms with Gasteiger partial charge < -0.3 is 14.6 Å². The van der Waals surface area contributed by atoms with Gasteiger partial charge in [0, 0.05) is 13.1 Å². The van der Waals surface area contributed by atoms with Gasteiger partial charge in [-0.15, -0.1) is 0 Å². The summed E-state index contributed by atoms with van der Waals surface area (Å²) in [4.78, 5) is 28.6. The minimum atomic E-state index is -1.35. The highest BCUT2D eigenvalue weighted by atomic mass is 32.2. The zero-order valence-corrected chi connectivity index (χ0v) is 15.3. The van der Waals surface area contributed by atoms with E-state index in [4.69, 9.17) is 4.74 Å². The molecular weight excluding hydrogens is 390 g/mol. The molecular formula is C19H13F2N2O4S-. The van der Waals surface area contributed by atoms with Gasteiger partial charge in [0.25, 0.3) is 5.91 Å². The molecule has 28 heavy (non-hydrogen) atoms. The lowest BCUT2D eigenvalue weighted by atomic mass is 10.2. The van der Waals surface area contributed by atoms with E-state index in [1.54, 1.807) is 30.3 Å². The number of nitrogens with zero attached hydrogens (tertiary/aromatic N) is 2. The number of hydrogen-bond acceptors (Lipinski definition) is 6. The maximum absolute atomic E-state index is 13.8. The smallest absolute Gasteiger partial charge is 0.266 e. The van der Waals surface area contributed by atoms with Crippen LogP contribution in [0, 0.1) is 11.6 Å². The number of aliphatic imine (C=N–C) groups is 1. The van der Waals surface area contributed by atoms with Crippen LogP contribution in [0.1, 0.15) is 5.56 Å². The number of ether oxygens (including phenoxy) is 1. The molecule has 2 aromatic rings. The molecule has 1 amide bonds. The predicted octanol–water partition coefficient (Wildman–Crippen LogP) is 2.33.